The largest absolute Gasteiger partial charge is 0.493 e. The molecule has 0 radical (unpaired) electrons. The lowest BCUT2D eigenvalue weighted by molar-refractivity contribution is -0.124. The van der Waals surface area contributed by atoms with E-state index in [4.69, 9.17) is 9.47 Å². The molecule has 120 valence electrons. The Hall–Kier alpha value is -2.04. The average Bonchev–Trinajstić information content (AvgIpc) is 2.55. The Kier molecular flexibility index (Phi) is 5.81. The minimum Gasteiger partial charge on any atom is -0.493 e. The van der Waals surface area contributed by atoms with Crippen LogP contribution in [0.15, 0.2) is 18.2 Å². The maximum absolute atomic E-state index is 12.0. The van der Waals surface area contributed by atoms with Crippen LogP contribution in [-0.2, 0) is 4.79 Å². The summed E-state index contributed by atoms with van der Waals surface area (Å²) < 4.78 is 10.7. The lowest BCUT2D eigenvalue weighted by atomic mass is 9.86. The summed E-state index contributed by atoms with van der Waals surface area (Å²) >= 11 is 0. The van der Waals surface area contributed by atoms with Gasteiger partial charge >= 0.3 is 0 Å². The fourth-order valence-corrected chi connectivity index (χ4v) is 2.80. The monoisotopic (exact) mass is 305 g/mol. The molecule has 1 amide bonds. The first-order valence-electron chi connectivity index (χ1n) is 7.69. The van der Waals surface area contributed by atoms with E-state index in [0.29, 0.717) is 23.0 Å². The maximum atomic E-state index is 12.0. The predicted octanol–water partition coefficient (Wildman–Crippen LogP) is 2.58. The van der Waals surface area contributed by atoms with Crippen molar-refractivity contribution in [3.63, 3.8) is 0 Å². The quantitative estimate of drug-likeness (QED) is 0.820. The predicted molar refractivity (Wildman–Crippen MR) is 83.4 cm³/mol. The van der Waals surface area contributed by atoms with Gasteiger partial charge in [-0.1, -0.05) is 19.8 Å². The van der Waals surface area contributed by atoms with E-state index in [1.54, 1.807) is 18.2 Å². The second kappa shape index (κ2) is 7.82. The normalized spacial score (nSPS) is 21.0. The summed E-state index contributed by atoms with van der Waals surface area (Å²) in [6, 6.07) is 5.10. The van der Waals surface area contributed by atoms with E-state index in [1.165, 1.54) is 13.5 Å². The fraction of sp³-hybridized carbons (Fsp3) is 0.529. The van der Waals surface area contributed by atoms with Gasteiger partial charge in [-0.25, -0.2) is 0 Å². The Morgan fingerprint density at radius 1 is 1.32 bits per heavy atom. The molecule has 1 N–H and O–H groups in total. The lowest BCUT2D eigenvalue weighted by Crippen LogP contribution is -2.43. The van der Waals surface area contributed by atoms with Crippen LogP contribution in [-0.4, -0.2) is 32.0 Å². The van der Waals surface area contributed by atoms with Crippen molar-refractivity contribution < 1.29 is 19.1 Å². The Morgan fingerprint density at radius 3 is 2.77 bits per heavy atom. The molecule has 0 aromatic heterocycles. The van der Waals surface area contributed by atoms with Gasteiger partial charge in [0.1, 0.15) is 6.29 Å². The van der Waals surface area contributed by atoms with Gasteiger partial charge in [0.15, 0.2) is 18.1 Å². The van der Waals surface area contributed by atoms with E-state index < -0.39 is 0 Å². The van der Waals surface area contributed by atoms with Gasteiger partial charge in [-0.3, -0.25) is 9.59 Å². The summed E-state index contributed by atoms with van der Waals surface area (Å²) in [6.45, 7) is 2.12. The Bertz CT molecular complexity index is 529. The summed E-state index contributed by atoms with van der Waals surface area (Å²) in [4.78, 5) is 22.8. The van der Waals surface area contributed by atoms with Gasteiger partial charge in [-0.15, -0.1) is 0 Å². The number of carbonyl (C=O) groups excluding carboxylic acids is 2. The Balaban J connectivity index is 1.89. The van der Waals surface area contributed by atoms with Crippen molar-refractivity contribution in [2.75, 3.05) is 13.7 Å². The number of benzene rings is 1. The molecule has 5 nitrogen and oxygen atoms in total. The summed E-state index contributed by atoms with van der Waals surface area (Å²) in [7, 11) is 1.50. The highest BCUT2D eigenvalue weighted by Gasteiger charge is 2.22. The molecule has 0 aliphatic heterocycles. The molecule has 2 atom stereocenters. The molecule has 0 spiro atoms. The van der Waals surface area contributed by atoms with Crippen LogP contribution < -0.4 is 14.8 Å². The van der Waals surface area contributed by atoms with Crippen molar-refractivity contribution in [3.05, 3.63) is 23.8 Å². The van der Waals surface area contributed by atoms with E-state index in [-0.39, 0.29) is 18.6 Å². The van der Waals surface area contributed by atoms with Gasteiger partial charge < -0.3 is 14.8 Å². The van der Waals surface area contributed by atoms with Crippen LogP contribution in [0, 0.1) is 5.92 Å². The minimum atomic E-state index is -0.125. The highest BCUT2D eigenvalue weighted by Crippen LogP contribution is 2.27. The third kappa shape index (κ3) is 4.23. The van der Waals surface area contributed by atoms with E-state index in [0.717, 1.165) is 25.5 Å². The number of rotatable bonds is 6. The summed E-state index contributed by atoms with van der Waals surface area (Å²) in [5.41, 5.74) is 0.504. The zero-order valence-electron chi connectivity index (χ0n) is 13.1. The first-order valence-corrected chi connectivity index (χ1v) is 7.69. The van der Waals surface area contributed by atoms with E-state index >= 15 is 0 Å². The molecule has 1 aromatic rings. The molecule has 1 aliphatic carbocycles. The SMILES string of the molecule is COc1cc(C=O)ccc1OCC(=O)N[C@@H]1CCCC[C@H]1C. The average molecular weight is 305 g/mol. The molecule has 1 aromatic carbocycles. The van der Waals surface area contributed by atoms with Crippen LogP contribution in [0.25, 0.3) is 0 Å². The number of ether oxygens (including phenoxy) is 2. The Labute approximate surface area is 131 Å². The smallest absolute Gasteiger partial charge is 0.258 e. The highest BCUT2D eigenvalue weighted by atomic mass is 16.5. The van der Waals surface area contributed by atoms with Crippen LogP contribution in [0.5, 0.6) is 11.5 Å². The molecule has 0 bridgehead atoms. The topological polar surface area (TPSA) is 64.6 Å². The van der Waals surface area contributed by atoms with Crippen molar-refractivity contribution in [3.8, 4) is 11.5 Å². The van der Waals surface area contributed by atoms with E-state index in [9.17, 15) is 9.59 Å². The minimum absolute atomic E-state index is 0.0555. The van der Waals surface area contributed by atoms with Crippen LogP contribution in [0.4, 0.5) is 0 Å². The molecule has 0 heterocycles. The molecule has 1 saturated carbocycles. The molecule has 5 heteroatoms. The van der Waals surface area contributed by atoms with Crippen LogP contribution >= 0.6 is 0 Å². The molecular formula is C17H23NO4. The van der Waals surface area contributed by atoms with Gasteiger partial charge in [0, 0.05) is 11.6 Å². The summed E-state index contributed by atoms with van der Waals surface area (Å²) in [5, 5.41) is 3.04. The van der Waals surface area contributed by atoms with Crippen molar-refractivity contribution in [2.24, 2.45) is 5.92 Å². The molecule has 22 heavy (non-hydrogen) atoms. The second-order valence-electron chi connectivity index (χ2n) is 5.75. The number of hydrogen-bond donors (Lipinski definition) is 1. The maximum Gasteiger partial charge on any atom is 0.258 e. The van der Waals surface area contributed by atoms with Crippen molar-refractivity contribution >= 4 is 12.2 Å². The van der Waals surface area contributed by atoms with Crippen LogP contribution in [0.2, 0.25) is 0 Å². The molecular weight excluding hydrogens is 282 g/mol. The number of aldehydes is 1. The van der Waals surface area contributed by atoms with Gasteiger partial charge in [0.25, 0.3) is 5.91 Å². The molecule has 0 unspecified atom stereocenters. The molecule has 0 saturated heterocycles. The first-order chi connectivity index (χ1) is 10.6. The van der Waals surface area contributed by atoms with Gasteiger partial charge in [-0.2, -0.15) is 0 Å². The lowest BCUT2D eigenvalue weighted by Gasteiger charge is -2.29. The van der Waals surface area contributed by atoms with Gasteiger partial charge in [0.05, 0.1) is 7.11 Å². The number of amides is 1. The van der Waals surface area contributed by atoms with Gasteiger partial charge in [0.2, 0.25) is 0 Å². The van der Waals surface area contributed by atoms with E-state index in [2.05, 4.69) is 12.2 Å². The zero-order chi connectivity index (χ0) is 15.9. The number of hydrogen-bond acceptors (Lipinski definition) is 4. The number of methoxy groups -OCH3 is 1. The van der Waals surface area contributed by atoms with Crippen molar-refractivity contribution in [2.45, 2.75) is 38.6 Å². The second-order valence-corrected chi connectivity index (χ2v) is 5.75. The van der Waals surface area contributed by atoms with Crippen LogP contribution in [0.1, 0.15) is 43.0 Å². The van der Waals surface area contributed by atoms with Crippen molar-refractivity contribution in [1.29, 1.82) is 0 Å². The van der Waals surface area contributed by atoms with Crippen molar-refractivity contribution in [1.82, 2.24) is 5.32 Å². The number of nitrogens with one attached hydrogen (secondary N) is 1. The summed E-state index contributed by atoms with van der Waals surface area (Å²) in [6.07, 6.45) is 5.34. The molecule has 1 fully saturated rings. The third-order valence-electron chi connectivity index (χ3n) is 4.14. The standard InChI is InChI=1S/C17H23NO4/c1-12-5-3-4-6-14(12)18-17(20)11-22-15-8-7-13(10-19)9-16(15)21-2/h7-10,12,14H,3-6,11H2,1-2H3,(H,18,20)/t12-,14-/m1/s1. The zero-order valence-corrected chi connectivity index (χ0v) is 13.1. The first kappa shape index (κ1) is 16.3. The fourth-order valence-electron chi connectivity index (χ4n) is 2.80. The highest BCUT2D eigenvalue weighted by molar-refractivity contribution is 5.78. The van der Waals surface area contributed by atoms with E-state index in [1.807, 2.05) is 0 Å². The van der Waals surface area contributed by atoms with Gasteiger partial charge in [-0.05, 0) is 37.0 Å². The number of carbonyl (C=O) groups is 2. The third-order valence-corrected chi connectivity index (χ3v) is 4.14. The Morgan fingerprint density at radius 2 is 2.09 bits per heavy atom. The summed E-state index contributed by atoms with van der Waals surface area (Å²) in [5.74, 6) is 1.29. The van der Waals surface area contributed by atoms with Crippen LogP contribution in [0.3, 0.4) is 0 Å². The molecule has 2 rings (SSSR count). The molecule has 1 aliphatic rings.